The van der Waals surface area contributed by atoms with Crippen LogP contribution < -0.4 is 10.6 Å². The number of hydrogen-bond donors (Lipinski definition) is 1. The summed E-state index contributed by atoms with van der Waals surface area (Å²) in [5.74, 6) is 1.69. The highest BCUT2D eigenvalue weighted by molar-refractivity contribution is 5.31. The van der Waals surface area contributed by atoms with Gasteiger partial charge in [-0.2, -0.15) is 0 Å². The van der Waals surface area contributed by atoms with E-state index in [1.807, 2.05) is 11.6 Å². The number of morpholine rings is 1. The summed E-state index contributed by atoms with van der Waals surface area (Å²) >= 11 is 0. The fourth-order valence-corrected chi connectivity index (χ4v) is 1.57. The van der Waals surface area contributed by atoms with Crippen LogP contribution in [0.15, 0.2) is 0 Å². The first-order valence-electron chi connectivity index (χ1n) is 4.74. The maximum atomic E-state index is 5.53. The third-order valence-electron chi connectivity index (χ3n) is 2.42. The molecule has 0 aliphatic carbocycles. The average molecular weight is 197 g/mol. The van der Waals surface area contributed by atoms with E-state index in [4.69, 9.17) is 10.5 Å². The van der Waals surface area contributed by atoms with E-state index < -0.39 is 0 Å². The Kier molecular flexibility index (Phi) is 2.64. The van der Waals surface area contributed by atoms with Gasteiger partial charge in [0.05, 0.1) is 19.8 Å². The number of hydrogen-bond acceptors (Lipinski definition) is 5. The summed E-state index contributed by atoms with van der Waals surface area (Å²) < 4.78 is 7.21. The van der Waals surface area contributed by atoms with Crippen LogP contribution in [0.2, 0.25) is 0 Å². The quantitative estimate of drug-likeness (QED) is 0.666. The van der Waals surface area contributed by atoms with Gasteiger partial charge in [0.25, 0.3) is 0 Å². The van der Waals surface area contributed by atoms with Crippen molar-refractivity contribution in [1.29, 1.82) is 0 Å². The first kappa shape index (κ1) is 9.42. The molecule has 2 rings (SSSR count). The summed E-state index contributed by atoms with van der Waals surface area (Å²) in [6, 6.07) is 0. The van der Waals surface area contributed by atoms with Crippen molar-refractivity contribution < 1.29 is 4.74 Å². The highest BCUT2D eigenvalue weighted by Crippen LogP contribution is 2.12. The number of nitrogens with two attached hydrogens (primary N) is 1. The van der Waals surface area contributed by atoms with Crippen molar-refractivity contribution in [3.63, 3.8) is 0 Å². The van der Waals surface area contributed by atoms with E-state index in [9.17, 15) is 0 Å². The monoisotopic (exact) mass is 197 g/mol. The van der Waals surface area contributed by atoms with Crippen LogP contribution in [-0.4, -0.2) is 41.1 Å². The van der Waals surface area contributed by atoms with Crippen molar-refractivity contribution in [2.75, 3.05) is 31.2 Å². The van der Waals surface area contributed by atoms with Gasteiger partial charge in [-0.3, -0.25) is 4.57 Å². The molecule has 0 amide bonds. The number of anilines is 1. The van der Waals surface area contributed by atoms with Gasteiger partial charge in [0.1, 0.15) is 5.82 Å². The molecule has 78 valence electrons. The van der Waals surface area contributed by atoms with Gasteiger partial charge in [0.15, 0.2) is 0 Å². The molecule has 2 heterocycles. The van der Waals surface area contributed by atoms with Crippen molar-refractivity contribution in [2.45, 2.75) is 6.54 Å². The lowest BCUT2D eigenvalue weighted by Gasteiger charge is -2.27. The van der Waals surface area contributed by atoms with Gasteiger partial charge in [-0.1, -0.05) is 0 Å². The lowest BCUT2D eigenvalue weighted by molar-refractivity contribution is 0.121. The van der Waals surface area contributed by atoms with Crippen molar-refractivity contribution in [1.82, 2.24) is 14.8 Å². The second kappa shape index (κ2) is 3.93. The van der Waals surface area contributed by atoms with Gasteiger partial charge >= 0.3 is 0 Å². The molecule has 0 radical (unpaired) electrons. The molecule has 0 bridgehead atoms. The van der Waals surface area contributed by atoms with Gasteiger partial charge < -0.3 is 15.4 Å². The Morgan fingerprint density at radius 2 is 2.07 bits per heavy atom. The fraction of sp³-hybridized carbons (Fsp3) is 0.750. The van der Waals surface area contributed by atoms with E-state index >= 15 is 0 Å². The Morgan fingerprint density at radius 1 is 1.36 bits per heavy atom. The third kappa shape index (κ3) is 1.58. The fourth-order valence-electron chi connectivity index (χ4n) is 1.57. The normalized spacial score (nSPS) is 17.4. The van der Waals surface area contributed by atoms with E-state index in [1.54, 1.807) is 0 Å². The van der Waals surface area contributed by atoms with Crippen LogP contribution in [0.25, 0.3) is 0 Å². The smallest absolute Gasteiger partial charge is 0.227 e. The average Bonchev–Trinajstić information content (AvgIpc) is 2.61. The van der Waals surface area contributed by atoms with Crippen molar-refractivity contribution in [3.8, 4) is 0 Å². The molecule has 2 N–H and O–H groups in total. The van der Waals surface area contributed by atoms with E-state index in [-0.39, 0.29) is 0 Å². The summed E-state index contributed by atoms with van der Waals surface area (Å²) in [6.07, 6.45) is 0. The van der Waals surface area contributed by atoms with Crippen LogP contribution in [0.4, 0.5) is 5.95 Å². The summed E-state index contributed by atoms with van der Waals surface area (Å²) in [7, 11) is 1.94. The number of ether oxygens (including phenoxy) is 1. The molecule has 1 saturated heterocycles. The maximum absolute atomic E-state index is 5.53. The molecule has 0 spiro atoms. The molecule has 1 aliphatic rings. The van der Waals surface area contributed by atoms with Crippen molar-refractivity contribution >= 4 is 5.95 Å². The highest BCUT2D eigenvalue weighted by atomic mass is 16.5. The molecule has 6 nitrogen and oxygen atoms in total. The topological polar surface area (TPSA) is 69.2 Å². The molecule has 0 aromatic carbocycles. The zero-order valence-corrected chi connectivity index (χ0v) is 8.31. The maximum Gasteiger partial charge on any atom is 0.227 e. The molecule has 0 saturated carbocycles. The van der Waals surface area contributed by atoms with Gasteiger partial charge in [-0.15, -0.1) is 10.2 Å². The third-order valence-corrected chi connectivity index (χ3v) is 2.42. The number of rotatable bonds is 2. The van der Waals surface area contributed by atoms with Crippen LogP contribution in [0.3, 0.4) is 0 Å². The Labute approximate surface area is 82.7 Å². The SMILES string of the molecule is Cn1c(CN)nnc1N1CCOCC1. The minimum atomic E-state index is 0.424. The minimum Gasteiger partial charge on any atom is -0.378 e. The number of nitrogens with zero attached hydrogens (tertiary/aromatic N) is 4. The van der Waals surface area contributed by atoms with Gasteiger partial charge in [-0.25, -0.2) is 0 Å². The molecule has 0 atom stereocenters. The van der Waals surface area contributed by atoms with E-state index in [0.717, 1.165) is 38.1 Å². The molecule has 14 heavy (non-hydrogen) atoms. The van der Waals surface area contributed by atoms with Gasteiger partial charge in [0, 0.05) is 20.1 Å². The first-order valence-corrected chi connectivity index (χ1v) is 4.74. The molecule has 1 aromatic heterocycles. The Morgan fingerprint density at radius 3 is 2.64 bits per heavy atom. The summed E-state index contributed by atoms with van der Waals surface area (Å²) in [4.78, 5) is 2.16. The molecule has 0 unspecified atom stereocenters. The van der Waals surface area contributed by atoms with Crippen LogP contribution in [0.1, 0.15) is 5.82 Å². The van der Waals surface area contributed by atoms with Crippen molar-refractivity contribution in [2.24, 2.45) is 12.8 Å². The molecule has 1 fully saturated rings. The minimum absolute atomic E-state index is 0.424. The number of aromatic nitrogens is 3. The Bertz CT molecular complexity index is 305. The zero-order chi connectivity index (χ0) is 9.97. The standard InChI is InChI=1S/C8H15N5O/c1-12-7(6-9)10-11-8(12)13-2-4-14-5-3-13/h2-6,9H2,1H3. The lowest BCUT2D eigenvalue weighted by Crippen LogP contribution is -2.37. The zero-order valence-electron chi connectivity index (χ0n) is 8.31. The Balaban J connectivity index is 2.18. The summed E-state index contributed by atoms with van der Waals surface area (Å²) in [5.41, 5.74) is 5.53. The molecular formula is C8H15N5O. The molecule has 6 heteroatoms. The second-order valence-corrected chi connectivity index (χ2v) is 3.28. The van der Waals surface area contributed by atoms with Crippen LogP contribution in [0.5, 0.6) is 0 Å². The van der Waals surface area contributed by atoms with Crippen LogP contribution in [-0.2, 0) is 18.3 Å². The summed E-state index contributed by atoms with van der Waals surface area (Å²) in [5, 5.41) is 8.13. The molecular weight excluding hydrogens is 182 g/mol. The largest absolute Gasteiger partial charge is 0.378 e. The predicted molar refractivity (Wildman–Crippen MR) is 51.9 cm³/mol. The molecule has 1 aliphatic heterocycles. The Hall–Kier alpha value is -1.14. The lowest BCUT2D eigenvalue weighted by atomic mass is 10.4. The predicted octanol–water partition coefficient (Wildman–Crippen LogP) is -0.890. The van der Waals surface area contributed by atoms with E-state index in [0.29, 0.717) is 6.54 Å². The molecule has 1 aromatic rings. The van der Waals surface area contributed by atoms with Gasteiger partial charge in [0.2, 0.25) is 5.95 Å². The van der Waals surface area contributed by atoms with Gasteiger partial charge in [-0.05, 0) is 0 Å². The summed E-state index contributed by atoms with van der Waals surface area (Å²) in [6.45, 7) is 3.68. The van der Waals surface area contributed by atoms with Crippen molar-refractivity contribution in [3.05, 3.63) is 5.82 Å². The van der Waals surface area contributed by atoms with Crippen LogP contribution >= 0.6 is 0 Å². The highest BCUT2D eigenvalue weighted by Gasteiger charge is 2.17. The van der Waals surface area contributed by atoms with E-state index in [2.05, 4.69) is 15.1 Å². The van der Waals surface area contributed by atoms with Crippen LogP contribution in [0, 0.1) is 0 Å². The van der Waals surface area contributed by atoms with E-state index in [1.165, 1.54) is 0 Å². The second-order valence-electron chi connectivity index (χ2n) is 3.28. The first-order chi connectivity index (χ1) is 6.83.